The average Bonchev–Trinajstić information content (AvgIpc) is 2.59. The first-order valence-corrected chi connectivity index (χ1v) is 21.1. The van der Waals surface area contributed by atoms with Crippen LogP contribution in [-0.2, 0) is 13.6 Å². The molecule has 0 fully saturated rings. The van der Waals surface area contributed by atoms with Gasteiger partial charge in [-0.05, 0) is 78.2 Å². The lowest BCUT2D eigenvalue weighted by molar-refractivity contribution is -0.133. The van der Waals surface area contributed by atoms with Gasteiger partial charge in [-0.25, -0.2) is 4.79 Å². The fraction of sp³-hybridized carbons (Fsp3) is 0.667. The van der Waals surface area contributed by atoms with E-state index in [1.54, 1.807) is 0 Å². The Balaban J connectivity index is 3.34. The molecule has 34 heavy (non-hydrogen) atoms. The van der Waals surface area contributed by atoms with Gasteiger partial charge in [0, 0.05) is 0 Å². The molecule has 0 saturated heterocycles. The predicted molar refractivity (Wildman–Crippen MR) is 154 cm³/mol. The van der Waals surface area contributed by atoms with Crippen LogP contribution in [0, 0.1) is 0 Å². The Kier molecular flexibility index (Phi) is 9.01. The molecule has 7 heteroatoms. The van der Waals surface area contributed by atoms with Crippen molar-refractivity contribution < 1.29 is 18.1 Å². The Hall–Kier alpha value is -1.32. The largest absolute Gasteiger partial charge is 0.544 e. The molecule has 1 aromatic rings. The lowest BCUT2D eigenvalue weighted by atomic mass is 10.2. The fourth-order valence-corrected chi connectivity index (χ4v) is 5.12. The van der Waals surface area contributed by atoms with Crippen LogP contribution in [0.15, 0.2) is 30.0 Å². The maximum atomic E-state index is 13.4. The first-order chi connectivity index (χ1) is 14.9. The minimum Gasteiger partial charge on any atom is -0.544 e. The summed E-state index contributed by atoms with van der Waals surface area (Å²) >= 11 is 0. The minimum absolute atomic E-state index is 0.0375. The van der Waals surface area contributed by atoms with Crippen molar-refractivity contribution in [2.24, 2.45) is 0 Å². The number of benzene rings is 1. The van der Waals surface area contributed by atoms with E-state index in [9.17, 15) is 4.79 Å². The molecule has 4 nitrogen and oxygen atoms in total. The van der Waals surface area contributed by atoms with Crippen molar-refractivity contribution in [1.82, 2.24) is 0 Å². The molecule has 0 amide bonds. The molecular formula is C27H50O4Si3. The molecule has 0 radical (unpaired) electrons. The van der Waals surface area contributed by atoms with Gasteiger partial charge in [0.05, 0.1) is 0 Å². The molecule has 0 aliphatic carbocycles. The highest BCUT2D eigenvalue weighted by Gasteiger charge is 2.44. The Bertz CT molecular complexity index is 878. The molecule has 0 aromatic heterocycles. The quantitative estimate of drug-likeness (QED) is 0.203. The first-order valence-electron chi connectivity index (χ1n) is 12.3. The van der Waals surface area contributed by atoms with Crippen molar-refractivity contribution in [3.05, 3.63) is 35.6 Å². The summed E-state index contributed by atoms with van der Waals surface area (Å²) in [6.45, 7) is 32.5. The summed E-state index contributed by atoms with van der Waals surface area (Å²) in [6, 6.07) is 7.93. The average molecular weight is 523 g/mol. The van der Waals surface area contributed by atoms with Crippen molar-refractivity contribution in [3.63, 3.8) is 0 Å². The van der Waals surface area contributed by atoms with Crippen LogP contribution < -0.4 is 4.43 Å². The molecule has 0 N–H and O–H groups in total. The van der Waals surface area contributed by atoms with Crippen molar-refractivity contribution in [1.29, 1.82) is 0 Å². The van der Waals surface area contributed by atoms with Crippen LogP contribution in [-0.4, -0.2) is 30.9 Å². The van der Waals surface area contributed by atoms with E-state index in [1.807, 2.05) is 30.3 Å². The molecule has 0 aliphatic heterocycles. The van der Waals surface area contributed by atoms with Gasteiger partial charge in [-0.2, -0.15) is 0 Å². The molecule has 0 aliphatic rings. The molecule has 1 aromatic carbocycles. The van der Waals surface area contributed by atoms with Crippen LogP contribution in [0.4, 0.5) is 0 Å². The molecule has 0 saturated carbocycles. The number of rotatable bonds is 7. The summed E-state index contributed by atoms with van der Waals surface area (Å²) in [7, 11) is -6.45. The first kappa shape index (κ1) is 30.7. The molecular weight excluding hydrogens is 473 g/mol. The lowest BCUT2D eigenvalue weighted by Gasteiger charge is -2.39. The summed E-state index contributed by atoms with van der Waals surface area (Å²) in [4.78, 5) is 13.4. The zero-order chi connectivity index (χ0) is 27.0. The summed E-state index contributed by atoms with van der Waals surface area (Å²) in [5.74, 6) is 0.798. The van der Waals surface area contributed by atoms with Crippen molar-refractivity contribution in [3.8, 4) is 5.75 Å². The van der Waals surface area contributed by atoms with Crippen molar-refractivity contribution in [2.75, 3.05) is 0 Å². The van der Waals surface area contributed by atoms with Gasteiger partial charge in [0.1, 0.15) is 5.75 Å². The van der Waals surface area contributed by atoms with E-state index in [2.05, 4.69) is 102 Å². The van der Waals surface area contributed by atoms with Gasteiger partial charge in [-0.3, -0.25) is 0 Å². The third kappa shape index (κ3) is 7.85. The van der Waals surface area contributed by atoms with Crippen molar-refractivity contribution in [2.45, 2.75) is 117 Å². The molecule has 1 rings (SSSR count). The van der Waals surface area contributed by atoms with Crippen LogP contribution in [0.2, 0.25) is 54.4 Å². The number of hydrogen-bond donors (Lipinski definition) is 0. The lowest BCUT2D eigenvalue weighted by Crippen LogP contribution is -2.45. The second kappa shape index (κ2) is 9.97. The summed E-state index contributed by atoms with van der Waals surface area (Å²) in [5, 5.41) is 0.0148. The number of carbonyl (C=O) groups excluding carboxylic acids is 1. The van der Waals surface area contributed by atoms with Gasteiger partial charge in [0.25, 0.3) is 16.6 Å². The third-order valence-electron chi connectivity index (χ3n) is 7.88. The van der Waals surface area contributed by atoms with E-state index >= 15 is 0 Å². The topological polar surface area (TPSA) is 44.8 Å². The highest BCUT2D eigenvalue weighted by Crippen LogP contribution is 2.41. The molecule has 0 unspecified atom stereocenters. The zero-order valence-electron chi connectivity index (χ0n) is 24.5. The number of hydrogen-bond acceptors (Lipinski definition) is 4. The third-order valence-corrected chi connectivity index (χ3v) is 20.9. The van der Waals surface area contributed by atoms with Crippen LogP contribution in [0.25, 0.3) is 6.08 Å². The van der Waals surface area contributed by atoms with Crippen molar-refractivity contribution >= 4 is 37.0 Å². The highest BCUT2D eigenvalue weighted by molar-refractivity contribution is 6.76. The van der Waals surface area contributed by atoms with E-state index in [1.165, 1.54) is 0 Å². The Morgan fingerprint density at radius 3 is 1.41 bits per heavy atom. The summed E-state index contributed by atoms with van der Waals surface area (Å²) < 4.78 is 19.0. The predicted octanol–water partition coefficient (Wildman–Crippen LogP) is 8.98. The van der Waals surface area contributed by atoms with Gasteiger partial charge >= 0.3 is 5.97 Å². The van der Waals surface area contributed by atoms with Gasteiger partial charge in [-0.15, -0.1) is 0 Å². The molecule has 0 heterocycles. The normalized spacial score (nSPS) is 14.6. The van der Waals surface area contributed by atoms with Gasteiger partial charge in [0.15, 0.2) is 5.76 Å². The van der Waals surface area contributed by atoms with E-state index < -0.39 is 25.0 Å². The summed E-state index contributed by atoms with van der Waals surface area (Å²) in [6.07, 6.45) is 1.83. The Morgan fingerprint density at radius 1 is 0.647 bits per heavy atom. The molecule has 194 valence electrons. The second-order valence-electron chi connectivity index (χ2n) is 14.0. The standard InChI is InChI=1S/C27H50O4Si3/c1-25(2,3)32(10,11)29-22-18-16-21(17-19-22)20-23(30-33(12,13)26(4,5)6)24(28)31-34(14,15)27(7,8)9/h16-20H,1-15H3/b23-20+. The smallest absolute Gasteiger partial charge is 0.358 e. The van der Waals surface area contributed by atoms with Crippen LogP contribution in [0.3, 0.4) is 0 Å². The highest BCUT2D eigenvalue weighted by atomic mass is 28.4. The van der Waals surface area contributed by atoms with Gasteiger partial charge in [0.2, 0.25) is 8.32 Å². The van der Waals surface area contributed by atoms with Crippen LogP contribution in [0.5, 0.6) is 5.75 Å². The molecule has 0 bridgehead atoms. The maximum absolute atomic E-state index is 13.4. The Morgan fingerprint density at radius 2 is 1.03 bits per heavy atom. The van der Waals surface area contributed by atoms with Gasteiger partial charge in [-0.1, -0.05) is 74.4 Å². The van der Waals surface area contributed by atoms with Crippen LogP contribution in [0.1, 0.15) is 67.9 Å². The maximum Gasteiger partial charge on any atom is 0.358 e. The van der Waals surface area contributed by atoms with Gasteiger partial charge < -0.3 is 13.3 Å². The van der Waals surface area contributed by atoms with E-state index in [-0.39, 0.29) is 21.1 Å². The summed E-state index contributed by atoms with van der Waals surface area (Å²) in [5.41, 5.74) is 0.892. The second-order valence-corrected chi connectivity index (χ2v) is 28.1. The minimum atomic E-state index is -2.29. The molecule has 0 atom stereocenters. The fourth-order valence-electron chi connectivity index (χ4n) is 2.22. The SMILES string of the molecule is CC(C)(C)[Si](C)(C)OC(=O)/C(=C\c1ccc(O[Si](C)(C)C(C)(C)C)cc1)O[Si](C)(C)C(C)(C)C. The van der Waals surface area contributed by atoms with Crippen LogP contribution >= 0.6 is 0 Å². The Labute approximate surface area is 212 Å². The van der Waals surface area contributed by atoms with E-state index in [0.29, 0.717) is 5.76 Å². The monoisotopic (exact) mass is 522 g/mol. The molecule has 0 spiro atoms. The number of carbonyl (C=O) groups is 1. The van der Waals surface area contributed by atoms with E-state index in [4.69, 9.17) is 13.3 Å². The van der Waals surface area contributed by atoms with E-state index in [0.717, 1.165) is 11.3 Å². The zero-order valence-corrected chi connectivity index (χ0v) is 27.5.